The maximum Gasteiger partial charge on any atom is 0.411 e. The van der Waals surface area contributed by atoms with Gasteiger partial charge in [-0.3, -0.25) is 4.79 Å². The van der Waals surface area contributed by atoms with Crippen LogP contribution in [0.1, 0.15) is 21.0 Å². The number of rotatable bonds is 3. The summed E-state index contributed by atoms with van der Waals surface area (Å²) in [7, 11) is 0. The van der Waals surface area contributed by atoms with E-state index in [0.717, 1.165) is 12.5 Å². The van der Waals surface area contributed by atoms with Crippen LogP contribution in [-0.2, 0) is 0 Å². The molecule has 1 amide bonds. The summed E-state index contributed by atoms with van der Waals surface area (Å²) in [6.07, 6.45) is 2.30. The van der Waals surface area contributed by atoms with E-state index < -0.39 is 11.9 Å². The summed E-state index contributed by atoms with van der Waals surface area (Å²) in [6, 6.07) is 4.25. The van der Waals surface area contributed by atoms with E-state index in [4.69, 9.17) is 10.5 Å². The molecule has 0 saturated heterocycles. The number of nitrogens with two attached hydrogens (primary N) is 1. The summed E-state index contributed by atoms with van der Waals surface area (Å²) in [6.45, 7) is 0. The molecule has 0 saturated carbocycles. The molecule has 8 heteroatoms. The fourth-order valence-corrected chi connectivity index (χ4v) is 1.26. The second-order valence-electron chi connectivity index (χ2n) is 3.25. The van der Waals surface area contributed by atoms with E-state index in [1.54, 1.807) is 0 Å². The van der Waals surface area contributed by atoms with E-state index in [2.05, 4.69) is 9.97 Å². The van der Waals surface area contributed by atoms with Gasteiger partial charge in [-0.05, 0) is 6.07 Å². The number of hydrogen-bond donors (Lipinski definition) is 2. The van der Waals surface area contributed by atoms with E-state index in [-0.39, 0.29) is 17.3 Å². The Bertz CT molecular complexity index is 607. The molecule has 0 fully saturated rings. The summed E-state index contributed by atoms with van der Waals surface area (Å²) < 4.78 is 5.16. The van der Waals surface area contributed by atoms with Gasteiger partial charge in [0.2, 0.25) is 0 Å². The average molecular weight is 248 g/mol. The summed E-state index contributed by atoms with van der Waals surface area (Å²) in [5.74, 6) is -2.02. The van der Waals surface area contributed by atoms with Crippen LogP contribution in [0.15, 0.2) is 30.7 Å². The molecule has 0 aliphatic heterocycles. The van der Waals surface area contributed by atoms with Crippen LogP contribution in [0, 0.1) is 5.21 Å². The molecule has 92 valence electrons. The second kappa shape index (κ2) is 4.53. The minimum absolute atomic E-state index is 0.142. The molecule has 2 aromatic heterocycles. The number of carbonyl (C=O) groups is 2. The fourth-order valence-electron chi connectivity index (χ4n) is 1.26. The molecule has 0 aromatic carbocycles. The van der Waals surface area contributed by atoms with E-state index in [1.807, 2.05) is 0 Å². The van der Waals surface area contributed by atoms with Crippen LogP contribution < -0.4 is 15.2 Å². The normalized spacial score (nSPS) is 10.0. The molecule has 0 aliphatic carbocycles. The van der Waals surface area contributed by atoms with Gasteiger partial charge >= 0.3 is 11.7 Å². The number of nitrogens with one attached hydrogen (secondary N) is 1. The molecule has 2 heterocycles. The Kier molecular flexibility index (Phi) is 2.92. The van der Waals surface area contributed by atoms with Gasteiger partial charge in [-0.15, -0.1) is 0 Å². The molecule has 18 heavy (non-hydrogen) atoms. The van der Waals surface area contributed by atoms with Crippen molar-refractivity contribution < 1.29 is 19.1 Å². The molecule has 8 nitrogen and oxygen atoms in total. The summed E-state index contributed by atoms with van der Waals surface area (Å²) in [5, 5.41) is 11.3. The largest absolute Gasteiger partial charge is 0.618 e. The Balaban J connectivity index is 2.25. The van der Waals surface area contributed by atoms with Crippen molar-refractivity contribution in [2.24, 2.45) is 5.73 Å². The van der Waals surface area contributed by atoms with Gasteiger partial charge in [-0.25, -0.2) is 9.78 Å². The molecule has 0 bridgehead atoms. The quantitative estimate of drug-likeness (QED) is 0.424. The van der Waals surface area contributed by atoms with Gasteiger partial charge in [0.25, 0.3) is 11.8 Å². The van der Waals surface area contributed by atoms with E-state index in [0.29, 0.717) is 4.73 Å². The number of imidazole rings is 1. The van der Waals surface area contributed by atoms with Gasteiger partial charge in [0.15, 0.2) is 11.9 Å². The predicted molar refractivity (Wildman–Crippen MR) is 57.5 cm³/mol. The zero-order valence-corrected chi connectivity index (χ0v) is 8.99. The molecule has 0 unspecified atom stereocenters. The molecule has 0 aliphatic rings. The van der Waals surface area contributed by atoms with Crippen molar-refractivity contribution in [1.29, 1.82) is 0 Å². The zero-order valence-electron chi connectivity index (χ0n) is 8.99. The third-order valence-electron chi connectivity index (χ3n) is 2.07. The number of primary amides is 1. The number of pyridine rings is 1. The Hall–Kier alpha value is -2.90. The Morgan fingerprint density at radius 2 is 2.22 bits per heavy atom. The number of ether oxygens (including phenoxy) is 1. The molecule has 2 rings (SSSR count). The number of esters is 1. The van der Waals surface area contributed by atoms with Gasteiger partial charge in [0.1, 0.15) is 0 Å². The lowest BCUT2D eigenvalue weighted by Gasteiger charge is -2.03. The summed E-state index contributed by atoms with van der Waals surface area (Å²) >= 11 is 0. The monoisotopic (exact) mass is 248 g/mol. The first kappa shape index (κ1) is 11.6. The van der Waals surface area contributed by atoms with Crippen molar-refractivity contribution in [3.63, 3.8) is 0 Å². The first-order valence-corrected chi connectivity index (χ1v) is 4.83. The summed E-state index contributed by atoms with van der Waals surface area (Å²) in [5.41, 5.74) is 4.67. The van der Waals surface area contributed by atoms with Gasteiger partial charge < -0.3 is 20.7 Å². The van der Waals surface area contributed by atoms with Crippen LogP contribution in [0.5, 0.6) is 5.88 Å². The topological polar surface area (TPSA) is 125 Å². The van der Waals surface area contributed by atoms with Gasteiger partial charge in [0, 0.05) is 12.1 Å². The van der Waals surface area contributed by atoms with Crippen LogP contribution >= 0.6 is 0 Å². The molecule has 2 aromatic rings. The maximum atomic E-state index is 11.7. The van der Waals surface area contributed by atoms with Gasteiger partial charge in [0.05, 0.1) is 6.33 Å². The van der Waals surface area contributed by atoms with Crippen LogP contribution in [0.2, 0.25) is 0 Å². The molecular weight excluding hydrogens is 240 g/mol. The highest BCUT2D eigenvalue weighted by Gasteiger charge is 2.22. The van der Waals surface area contributed by atoms with Crippen molar-refractivity contribution in [2.45, 2.75) is 0 Å². The smallest absolute Gasteiger partial charge is 0.411 e. The molecule has 0 radical (unpaired) electrons. The number of H-pyrrole nitrogens is 1. The summed E-state index contributed by atoms with van der Waals surface area (Å²) in [4.78, 5) is 28.7. The molecule has 3 N–H and O–H groups in total. The molecule has 0 spiro atoms. The number of aromatic nitrogens is 3. The van der Waals surface area contributed by atoms with Crippen molar-refractivity contribution in [3.05, 3.63) is 47.3 Å². The van der Waals surface area contributed by atoms with Gasteiger partial charge in [-0.1, -0.05) is 0 Å². The Morgan fingerprint density at radius 1 is 1.44 bits per heavy atom. The number of amides is 1. The van der Waals surface area contributed by atoms with Crippen molar-refractivity contribution >= 4 is 11.9 Å². The highest BCUT2D eigenvalue weighted by molar-refractivity contribution is 5.95. The fraction of sp³-hybridized carbons (Fsp3) is 0. The first-order chi connectivity index (χ1) is 8.59. The van der Waals surface area contributed by atoms with Crippen molar-refractivity contribution in [2.75, 3.05) is 0 Å². The number of hydrogen-bond acceptors (Lipinski definition) is 5. The van der Waals surface area contributed by atoms with Crippen LogP contribution in [0.4, 0.5) is 0 Å². The third-order valence-corrected chi connectivity index (χ3v) is 2.07. The van der Waals surface area contributed by atoms with Crippen LogP contribution in [0.25, 0.3) is 0 Å². The highest BCUT2D eigenvalue weighted by Crippen LogP contribution is 2.12. The highest BCUT2D eigenvalue weighted by atomic mass is 16.5. The Morgan fingerprint density at radius 3 is 2.89 bits per heavy atom. The lowest BCUT2D eigenvalue weighted by Crippen LogP contribution is -2.35. The van der Waals surface area contributed by atoms with Crippen molar-refractivity contribution in [1.82, 2.24) is 9.97 Å². The first-order valence-electron chi connectivity index (χ1n) is 4.83. The maximum absolute atomic E-state index is 11.7. The van der Waals surface area contributed by atoms with Crippen LogP contribution in [-0.4, -0.2) is 21.8 Å². The average Bonchev–Trinajstić information content (AvgIpc) is 2.77. The number of nitrogens with zero attached hydrogens (tertiary/aromatic N) is 2. The number of carbonyl (C=O) groups excluding carboxylic acids is 2. The lowest BCUT2D eigenvalue weighted by atomic mass is 10.3. The minimum atomic E-state index is -0.930. The zero-order chi connectivity index (χ0) is 13.1. The standard InChI is InChI=1S/C10H8N4O4/c11-8(15)7-9(13-5-12-7)18-10(16)6-3-1-2-4-14(6)17/h1-5H,(H2,11,15)(H,12,13). The SMILES string of the molecule is NC(=O)c1[nH]cnc1OC(=O)c1cccc[n+]1[O-]. The van der Waals surface area contributed by atoms with E-state index in [9.17, 15) is 14.8 Å². The molecular formula is C10H8N4O4. The van der Waals surface area contributed by atoms with E-state index in [1.165, 1.54) is 18.2 Å². The minimum Gasteiger partial charge on any atom is -0.618 e. The van der Waals surface area contributed by atoms with Crippen LogP contribution in [0.3, 0.4) is 0 Å². The van der Waals surface area contributed by atoms with Gasteiger partial charge in [-0.2, -0.15) is 4.73 Å². The lowest BCUT2D eigenvalue weighted by molar-refractivity contribution is -0.608. The van der Waals surface area contributed by atoms with Crippen molar-refractivity contribution in [3.8, 4) is 5.88 Å². The second-order valence-corrected chi connectivity index (χ2v) is 3.25. The molecule has 0 atom stereocenters. The predicted octanol–water partition coefficient (Wildman–Crippen LogP) is -0.639. The Labute approximate surface area is 101 Å². The number of aromatic amines is 1. The third kappa shape index (κ3) is 2.12. The van der Waals surface area contributed by atoms with E-state index >= 15 is 0 Å².